The Labute approximate surface area is 169 Å². The molecule has 1 spiro atoms. The third-order valence-corrected chi connectivity index (χ3v) is 5.47. The van der Waals surface area contributed by atoms with Crippen LogP contribution >= 0.6 is 0 Å². The first-order chi connectivity index (χ1) is 14.0. The molecule has 2 amide bonds. The van der Waals surface area contributed by atoms with Crippen molar-refractivity contribution in [2.24, 2.45) is 5.92 Å². The highest BCUT2D eigenvalue weighted by atomic mass is 16.5. The van der Waals surface area contributed by atoms with E-state index in [1.165, 1.54) is 12.4 Å². The fourth-order valence-electron chi connectivity index (χ4n) is 3.94. The van der Waals surface area contributed by atoms with Crippen molar-refractivity contribution in [3.8, 4) is 0 Å². The Morgan fingerprint density at radius 1 is 1.24 bits per heavy atom. The summed E-state index contributed by atoms with van der Waals surface area (Å²) < 4.78 is 8.37. The lowest BCUT2D eigenvalue weighted by atomic mass is 9.88. The normalized spacial score (nSPS) is 20.5. The first-order valence-corrected chi connectivity index (χ1v) is 10.0. The monoisotopic (exact) mass is 398 g/mol. The van der Waals surface area contributed by atoms with Crippen LogP contribution in [0, 0.1) is 5.92 Å². The van der Waals surface area contributed by atoms with E-state index < -0.39 is 11.7 Å². The van der Waals surface area contributed by atoms with E-state index in [-0.39, 0.29) is 11.8 Å². The van der Waals surface area contributed by atoms with E-state index in [0.29, 0.717) is 50.6 Å². The molecule has 2 aliphatic heterocycles. The van der Waals surface area contributed by atoms with E-state index in [1.807, 2.05) is 10.8 Å². The van der Waals surface area contributed by atoms with E-state index in [2.05, 4.69) is 34.1 Å². The van der Waals surface area contributed by atoms with Crippen LogP contribution in [0.25, 0.3) is 0 Å². The number of nitrogens with zero attached hydrogens (tertiary/aromatic N) is 5. The second kappa shape index (κ2) is 7.90. The van der Waals surface area contributed by atoms with Gasteiger partial charge in [0.25, 0.3) is 11.8 Å². The number of fused-ring (bicyclic) bond motifs is 2. The number of carbonyl (C=O) groups excluding carboxylic acids is 2. The van der Waals surface area contributed by atoms with E-state index in [9.17, 15) is 9.59 Å². The molecule has 9 heteroatoms. The topological polar surface area (TPSA) is 102 Å². The molecule has 0 saturated carbocycles. The maximum Gasteiger partial charge on any atom is 0.274 e. The molecule has 29 heavy (non-hydrogen) atoms. The molecular formula is C20H26N6O3. The van der Waals surface area contributed by atoms with Crippen LogP contribution in [0.2, 0.25) is 0 Å². The van der Waals surface area contributed by atoms with Crippen LogP contribution in [0.1, 0.15) is 43.0 Å². The number of amides is 2. The first-order valence-electron chi connectivity index (χ1n) is 10.0. The molecule has 4 rings (SSSR count). The van der Waals surface area contributed by atoms with E-state index in [4.69, 9.17) is 4.74 Å². The molecule has 2 aromatic rings. The van der Waals surface area contributed by atoms with Gasteiger partial charge in [-0.3, -0.25) is 14.6 Å². The molecule has 0 aromatic carbocycles. The molecule has 154 valence electrons. The smallest absolute Gasteiger partial charge is 0.274 e. The van der Waals surface area contributed by atoms with Crippen LogP contribution in [0.5, 0.6) is 0 Å². The van der Waals surface area contributed by atoms with Crippen molar-refractivity contribution in [1.82, 2.24) is 29.7 Å². The molecule has 0 unspecified atom stereocenters. The van der Waals surface area contributed by atoms with Crippen LogP contribution in [0.3, 0.4) is 0 Å². The van der Waals surface area contributed by atoms with Gasteiger partial charge in [0.1, 0.15) is 17.1 Å². The average molecular weight is 398 g/mol. The number of carbonyl (C=O) groups is 2. The molecule has 2 aliphatic rings. The Kier molecular flexibility index (Phi) is 5.31. The summed E-state index contributed by atoms with van der Waals surface area (Å²) in [5, 5.41) is 2.97. The van der Waals surface area contributed by atoms with Crippen LogP contribution in [-0.2, 0) is 21.7 Å². The molecule has 0 radical (unpaired) electrons. The Balaban J connectivity index is 1.49. The lowest BCUT2D eigenvalue weighted by Crippen LogP contribution is -2.55. The molecule has 1 N–H and O–H groups in total. The standard InChI is InChI=1S/C20H26N6O3/c1-14(2)11-24-17(27)16-13-26-10-7-23-19(26)20(29-16)3-8-25(9-4-20)18(28)15-12-21-5-6-22-15/h5-7,10,12,14,16H,3-4,8-9,11,13H2,1-2H3,(H,24,27)/t16-/m1/s1. The van der Waals surface area contributed by atoms with Gasteiger partial charge in [-0.05, 0) is 5.92 Å². The zero-order valence-corrected chi connectivity index (χ0v) is 16.7. The number of hydrogen-bond donors (Lipinski definition) is 1. The van der Waals surface area contributed by atoms with Gasteiger partial charge in [-0.15, -0.1) is 0 Å². The minimum Gasteiger partial charge on any atom is -0.354 e. The van der Waals surface area contributed by atoms with Crippen molar-refractivity contribution in [3.05, 3.63) is 42.5 Å². The third kappa shape index (κ3) is 3.87. The van der Waals surface area contributed by atoms with Crippen molar-refractivity contribution in [2.75, 3.05) is 19.6 Å². The molecule has 1 saturated heterocycles. The van der Waals surface area contributed by atoms with E-state index >= 15 is 0 Å². The minimum absolute atomic E-state index is 0.101. The number of nitrogens with one attached hydrogen (secondary N) is 1. The third-order valence-electron chi connectivity index (χ3n) is 5.47. The maximum absolute atomic E-state index is 12.7. The Bertz CT molecular complexity index is 873. The molecule has 0 bridgehead atoms. The van der Waals surface area contributed by atoms with Crippen molar-refractivity contribution in [1.29, 1.82) is 0 Å². The molecular weight excluding hydrogens is 372 g/mol. The van der Waals surface area contributed by atoms with E-state index in [0.717, 1.165) is 5.82 Å². The molecule has 0 aliphatic carbocycles. The quantitative estimate of drug-likeness (QED) is 0.824. The van der Waals surface area contributed by atoms with Gasteiger partial charge in [0, 0.05) is 57.3 Å². The van der Waals surface area contributed by atoms with Gasteiger partial charge < -0.3 is 19.5 Å². The van der Waals surface area contributed by atoms with Gasteiger partial charge in [-0.25, -0.2) is 9.97 Å². The van der Waals surface area contributed by atoms with Crippen LogP contribution in [-0.4, -0.2) is 62.0 Å². The Hall–Kier alpha value is -2.81. The summed E-state index contributed by atoms with van der Waals surface area (Å²) in [6.07, 6.45) is 8.74. The summed E-state index contributed by atoms with van der Waals surface area (Å²) in [4.78, 5) is 39.7. The van der Waals surface area contributed by atoms with Crippen LogP contribution < -0.4 is 5.32 Å². The lowest BCUT2D eigenvalue weighted by Gasteiger charge is -2.45. The van der Waals surface area contributed by atoms with Crippen LogP contribution in [0.15, 0.2) is 31.0 Å². The Morgan fingerprint density at radius 2 is 2.03 bits per heavy atom. The zero-order chi connectivity index (χ0) is 20.4. The summed E-state index contributed by atoms with van der Waals surface area (Å²) in [7, 11) is 0. The van der Waals surface area contributed by atoms with Crippen LogP contribution in [0.4, 0.5) is 0 Å². The van der Waals surface area contributed by atoms with Gasteiger partial charge in [0.05, 0.1) is 12.7 Å². The first kappa shape index (κ1) is 19.5. The minimum atomic E-state index is -0.666. The van der Waals surface area contributed by atoms with Gasteiger partial charge in [0.15, 0.2) is 6.10 Å². The summed E-state index contributed by atoms with van der Waals surface area (Å²) in [6, 6.07) is 0. The summed E-state index contributed by atoms with van der Waals surface area (Å²) in [6.45, 7) is 6.18. The molecule has 1 fully saturated rings. The van der Waals surface area contributed by atoms with Gasteiger partial charge >= 0.3 is 0 Å². The fraction of sp³-hybridized carbons (Fsp3) is 0.550. The zero-order valence-electron chi connectivity index (χ0n) is 16.7. The molecule has 1 atom stereocenters. The number of likely N-dealkylation sites (tertiary alicyclic amines) is 1. The largest absolute Gasteiger partial charge is 0.354 e. The number of hydrogen-bond acceptors (Lipinski definition) is 6. The van der Waals surface area contributed by atoms with Crippen molar-refractivity contribution in [2.45, 2.75) is 44.9 Å². The SMILES string of the molecule is CC(C)CNC(=O)[C@H]1Cn2ccnc2C2(CCN(C(=O)c3cnccn3)CC2)O1. The van der Waals surface area contributed by atoms with Crippen molar-refractivity contribution < 1.29 is 14.3 Å². The second-order valence-electron chi connectivity index (χ2n) is 8.03. The number of ether oxygens (including phenoxy) is 1. The number of piperidine rings is 1. The predicted octanol–water partition coefficient (Wildman–Crippen LogP) is 0.976. The molecule has 2 aromatic heterocycles. The highest BCUT2D eigenvalue weighted by molar-refractivity contribution is 5.92. The maximum atomic E-state index is 12.7. The highest BCUT2D eigenvalue weighted by Gasteiger charge is 2.47. The van der Waals surface area contributed by atoms with E-state index in [1.54, 1.807) is 17.3 Å². The number of rotatable bonds is 4. The van der Waals surface area contributed by atoms with Crippen molar-refractivity contribution >= 4 is 11.8 Å². The molecule has 4 heterocycles. The second-order valence-corrected chi connectivity index (χ2v) is 8.03. The lowest BCUT2D eigenvalue weighted by molar-refractivity contribution is -0.172. The summed E-state index contributed by atoms with van der Waals surface area (Å²) >= 11 is 0. The van der Waals surface area contributed by atoms with Gasteiger partial charge in [-0.1, -0.05) is 13.8 Å². The number of imidazole rings is 1. The van der Waals surface area contributed by atoms with Gasteiger partial charge in [0.2, 0.25) is 0 Å². The summed E-state index contributed by atoms with van der Waals surface area (Å²) in [5.41, 5.74) is -0.332. The highest BCUT2D eigenvalue weighted by Crippen LogP contribution is 2.40. The number of aromatic nitrogens is 4. The fourth-order valence-corrected chi connectivity index (χ4v) is 3.94. The van der Waals surface area contributed by atoms with Crippen molar-refractivity contribution in [3.63, 3.8) is 0 Å². The average Bonchev–Trinajstić information content (AvgIpc) is 3.22. The van der Waals surface area contributed by atoms with Gasteiger partial charge in [-0.2, -0.15) is 0 Å². The summed E-state index contributed by atoms with van der Waals surface area (Å²) in [5.74, 6) is 0.960. The molecule has 9 nitrogen and oxygen atoms in total. The Morgan fingerprint density at radius 3 is 2.72 bits per heavy atom. The predicted molar refractivity (Wildman–Crippen MR) is 104 cm³/mol.